The fourth-order valence-electron chi connectivity index (χ4n) is 2.80. The third-order valence-electron chi connectivity index (χ3n) is 3.97. The van der Waals surface area contributed by atoms with Gasteiger partial charge in [-0.05, 0) is 18.6 Å². The van der Waals surface area contributed by atoms with E-state index in [1.54, 1.807) is 30.3 Å². The summed E-state index contributed by atoms with van der Waals surface area (Å²) in [6, 6.07) is 8.23. The van der Waals surface area contributed by atoms with Gasteiger partial charge in [0, 0.05) is 25.3 Å². The molecule has 0 bridgehead atoms. The second-order valence-electron chi connectivity index (χ2n) is 5.58. The molecule has 0 spiro atoms. The van der Waals surface area contributed by atoms with Gasteiger partial charge in [0.15, 0.2) is 9.84 Å². The van der Waals surface area contributed by atoms with Gasteiger partial charge in [-0.3, -0.25) is 5.10 Å². The lowest BCUT2D eigenvalue weighted by Gasteiger charge is -2.16. The summed E-state index contributed by atoms with van der Waals surface area (Å²) in [5, 5.41) is 6.52. The molecule has 124 valence electrons. The number of aromatic nitrogens is 2. The van der Waals surface area contributed by atoms with Crippen LogP contribution in [0.4, 0.5) is 0 Å². The second kappa shape index (κ2) is 5.73. The van der Waals surface area contributed by atoms with Gasteiger partial charge >= 0.3 is 0 Å². The molecule has 1 atom stereocenters. The number of hydrogen-bond acceptors (Lipinski definition) is 5. The van der Waals surface area contributed by atoms with Crippen molar-refractivity contribution >= 4 is 19.9 Å². The molecular formula is C14H17N3O4S2. The molecule has 1 saturated heterocycles. The Morgan fingerprint density at radius 1 is 1.17 bits per heavy atom. The summed E-state index contributed by atoms with van der Waals surface area (Å²) in [5.41, 5.74) is 0.485. The average molecular weight is 355 g/mol. The van der Waals surface area contributed by atoms with E-state index in [-0.39, 0.29) is 22.3 Å². The second-order valence-corrected chi connectivity index (χ2v) is 9.50. The Bertz CT molecular complexity index is 905. The molecular weight excluding hydrogens is 338 g/mol. The van der Waals surface area contributed by atoms with Crippen LogP contribution < -0.4 is 0 Å². The predicted octanol–water partition coefficient (Wildman–Crippen LogP) is 0.991. The average Bonchev–Trinajstić information content (AvgIpc) is 3.16. The minimum absolute atomic E-state index is 0.140. The number of H-pyrrole nitrogens is 1. The van der Waals surface area contributed by atoms with Crippen LogP contribution in [-0.4, -0.2) is 50.7 Å². The van der Waals surface area contributed by atoms with E-state index < -0.39 is 19.9 Å². The lowest BCUT2D eigenvalue weighted by molar-refractivity contribution is 0.471. The normalized spacial score (nSPS) is 20.0. The fourth-order valence-corrected chi connectivity index (χ4v) is 5.17. The monoisotopic (exact) mass is 355 g/mol. The molecule has 1 N–H and O–H groups in total. The van der Waals surface area contributed by atoms with E-state index in [1.165, 1.54) is 10.5 Å². The van der Waals surface area contributed by atoms with Crippen molar-refractivity contribution in [3.8, 4) is 0 Å². The third kappa shape index (κ3) is 3.04. The van der Waals surface area contributed by atoms with Gasteiger partial charge in [-0.2, -0.15) is 9.40 Å². The number of nitrogens with one attached hydrogen (secondary N) is 1. The molecule has 1 unspecified atom stereocenters. The SMILES string of the molecule is CS(=O)(=O)c1cn[nH]c1C1CCN(S(=O)(=O)c2ccccc2)C1. The number of sulfone groups is 1. The van der Waals surface area contributed by atoms with Gasteiger partial charge in [0.1, 0.15) is 4.90 Å². The lowest BCUT2D eigenvalue weighted by atomic mass is 10.1. The van der Waals surface area contributed by atoms with Crippen molar-refractivity contribution < 1.29 is 16.8 Å². The van der Waals surface area contributed by atoms with Crippen molar-refractivity contribution in [1.82, 2.24) is 14.5 Å². The molecule has 0 aliphatic carbocycles. The number of aromatic amines is 1. The van der Waals surface area contributed by atoms with Crippen LogP contribution in [0, 0.1) is 0 Å². The molecule has 1 aromatic carbocycles. The van der Waals surface area contributed by atoms with Crippen molar-refractivity contribution in [1.29, 1.82) is 0 Å². The van der Waals surface area contributed by atoms with Crippen molar-refractivity contribution in [2.75, 3.05) is 19.3 Å². The van der Waals surface area contributed by atoms with E-state index in [2.05, 4.69) is 10.2 Å². The first-order valence-corrected chi connectivity index (χ1v) is 10.4. The Balaban J connectivity index is 1.87. The van der Waals surface area contributed by atoms with E-state index in [1.807, 2.05) is 0 Å². The summed E-state index contributed by atoms with van der Waals surface area (Å²) in [7, 11) is -6.96. The first-order valence-electron chi connectivity index (χ1n) is 7.08. The zero-order valence-corrected chi connectivity index (χ0v) is 14.1. The van der Waals surface area contributed by atoms with E-state index >= 15 is 0 Å². The highest BCUT2D eigenvalue weighted by Crippen LogP contribution is 2.32. The molecule has 7 nitrogen and oxygen atoms in total. The third-order valence-corrected chi connectivity index (χ3v) is 6.98. The number of benzene rings is 1. The minimum Gasteiger partial charge on any atom is -0.281 e. The molecule has 23 heavy (non-hydrogen) atoms. The summed E-state index contributed by atoms with van der Waals surface area (Å²) in [6.45, 7) is 0.589. The minimum atomic E-state index is -3.56. The van der Waals surface area contributed by atoms with Crippen LogP contribution in [0.5, 0.6) is 0 Å². The van der Waals surface area contributed by atoms with Gasteiger partial charge in [0.05, 0.1) is 16.8 Å². The maximum Gasteiger partial charge on any atom is 0.243 e. The summed E-state index contributed by atoms with van der Waals surface area (Å²) >= 11 is 0. The number of hydrogen-bond donors (Lipinski definition) is 1. The predicted molar refractivity (Wildman–Crippen MR) is 84.3 cm³/mol. The zero-order chi connectivity index (χ0) is 16.7. The highest BCUT2D eigenvalue weighted by molar-refractivity contribution is 7.90. The van der Waals surface area contributed by atoms with Crippen LogP contribution in [0.15, 0.2) is 46.3 Å². The van der Waals surface area contributed by atoms with Gasteiger partial charge in [-0.25, -0.2) is 16.8 Å². The molecule has 0 saturated carbocycles. The van der Waals surface area contributed by atoms with Crippen LogP contribution in [0.1, 0.15) is 18.0 Å². The van der Waals surface area contributed by atoms with E-state index in [0.29, 0.717) is 18.7 Å². The highest BCUT2D eigenvalue weighted by Gasteiger charge is 2.35. The van der Waals surface area contributed by atoms with Crippen molar-refractivity contribution in [2.45, 2.75) is 22.1 Å². The lowest BCUT2D eigenvalue weighted by Crippen LogP contribution is -2.28. The molecule has 1 aromatic heterocycles. The maximum atomic E-state index is 12.6. The van der Waals surface area contributed by atoms with Crippen LogP contribution >= 0.6 is 0 Å². The van der Waals surface area contributed by atoms with E-state index in [0.717, 1.165) is 6.26 Å². The molecule has 1 aliphatic rings. The Morgan fingerprint density at radius 3 is 2.52 bits per heavy atom. The van der Waals surface area contributed by atoms with Crippen LogP contribution in [0.25, 0.3) is 0 Å². The molecule has 9 heteroatoms. The Morgan fingerprint density at radius 2 is 1.87 bits per heavy atom. The number of rotatable bonds is 4. The fraction of sp³-hybridized carbons (Fsp3) is 0.357. The zero-order valence-electron chi connectivity index (χ0n) is 12.5. The van der Waals surface area contributed by atoms with Gasteiger partial charge in [-0.1, -0.05) is 18.2 Å². The first kappa shape index (κ1) is 16.2. The topological polar surface area (TPSA) is 100 Å². The smallest absolute Gasteiger partial charge is 0.243 e. The standard InChI is InChI=1S/C14H17N3O4S2/c1-22(18,19)13-9-15-16-14(13)11-7-8-17(10-11)23(20,21)12-5-3-2-4-6-12/h2-6,9,11H,7-8,10H2,1H3,(H,15,16). The van der Waals surface area contributed by atoms with Gasteiger partial charge in [0.25, 0.3) is 0 Å². The quantitative estimate of drug-likeness (QED) is 0.881. The summed E-state index contributed by atoms with van der Waals surface area (Å²) in [4.78, 5) is 0.384. The Labute approximate surface area is 135 Å². The maximum absolute atomic E-state index is 12.6. The Hall–Kier alpha value is -1.71. The molecule has 3 rings (SSSR count). The van der Waals surface area contributed by atoms with E-state index in [4.69, 9.17) is 0 Å². The van der Waals surface area contributed by atoms with E-state index in [9.17, 15) is 16.8 Å². The van der Waals surface area contributed by atoms with Gasteiger partial charge in [0.2, 0.25) is 10.0 Å². The van der Waals surface area contributed by atoms with Crippen LogP contribution in [-0.2, 0) is 19.9 Å². The van der Waals surface area contributed by atoms with Crippen LogP contribution in [0.2, 0.25) is 0 Å². The highest BCUT2D eigenvalue weighted by atomic mass is 32.2. The van der Waals surface area contributed by atoms with Crippen molar-refractivity contribution in [2.24, 2.45) is 0 Å². The summed E-state index contributed by atoms with van der Waals surface area (Å²) in [6.07, 6.45) is 2.95. The summed E-state index contributed by atoms with van der Waals surface area (Å²) in [5.74, 6) is -0.208. The molecule has 1 fully saturated rings. The largest absolute Gasteiger partial charge is 0.281 e. The molecule has 0 radical (unpaired) electrons. The first-order chi connectivity index (χ1) is 10.8. The molecule has 2 heterocycles. The van der Waals surface area contributed by atoms with Crippen molar-refractivity contribution in [3.63, 3.8) is 0 Å². The van der Waals surface area contributed by atoms with Crippen molar-refractivity contribution in [3.05, 3.63) is 42.2 Å². The number of sulfonamides is 1. The van der Waals surface area contributed by atoms with Gasteiger partial charge < -0.3 is 0 Å². The Kier molecular flexibility index (Phi) is 4.03. The van der Waals surface area contributed by atoms with Gasteiger partial charge in [-0.15, -0.1) is 0 Å². The molecule has 1 aliphatic heterocycles. The molecule has 2 aromatic rings. The number of nitrogens with zero attached hydrogens (tertiary/aromatic N) is 2. The van der Waals surface area contributed by atoms with Crippen LogP contribution in [0.3, 0.4) is 0 Å². The summed E-state index contributed by atoms with van der Waals surface area (Å²) < 4.78 is 50.2. The molecule has 0 amide bonds.